The fourth-order valence-electron chi connectivity index (χ4n) is 1.86. The van der Waals surface area contributed by atoms with Crippen LogP contribution in [0.1, 0.15) is 16.7 Å². The van der Waals surface area contributed by atoms with Crippen molar-refractivity contribution in [1.82, 2.24) is 0 Å². The van der Waals surface area contributed by atoms with Gasteiger partial charge in [-0.3, -0.25) is 0 Å². The summed E-state index contributed by atoms with van der Waals surface area (Å²) in [6, 6.07) is 11.7. The second kappa shape index (κ2) is 5.65. The predicted octanol–water partition coefficient (Wildman–Crippen LogP) is 3.47. The van der Waals surface area contributed by atoms with Crippen LogP contribution >= 0.6 is 0 Å². The van der Waals surface area contributed by atoms with Gasteiger partial charge in [0, 0.05) is 11.8 Å². The zero-order valence-electron chi connectivity index (χ0n) is 11.6. The Morgan fingerprint density at radius 3 is 2.42 bits per heavy atom. The summed E-state index contributed by atoms with van der Waals surface area (Å²) in [4.78, 5) is 0. The molecule has 19 heavy (non-hydrogen) atoms. The minimum absolute atomic E-state index is 0.476. The smallest absolute Gasteiger partial charge is 0.121 e. The molecule has 2 rings (SSSR count). The van der Waals surface area contributed by atoms with Gasteiger partial charge in [0.25, 0.3) is 0 Å². The molecule has 2 aromatic carbocycles. The molecule has 0 atom stereocenters. The summed E-state index contributed by atoms with van der Waals surface area (Å²) in [5.74, 6) is 1.61. The molecule has 0 bridgehead atoms. The fourth-order valence-corrected chi connectivity index (χ4v) is 1.86. The van der Waals surface area contributed by atoms with Crippen LogP contribution in [0.15, 0.2) is 36.4 Å². The molecule has 0 fully saturated rings. The molecule has 0 heterocycles. The normalized spacial score (nSPS) is 10.3. The van der Waals surface area contributed by atoms with Gasteiger partial charge in [-0.2, -0.15) is 0 Å². The van der Waals surface area contributed by atoms with E-state index in [2.05, 4.69) is 19.9 Å². The third kappa shape index (κ3) is 3.41. The molecular weight excluding hydrogens is 238 g/mol. The topological polar surface area (TPSA) is 44.5 Å². The van der Waals surface area contributed by atoms with Gasteiger partial charge in [0.15, 0.2) is 0 Å². The second-order valence-corrected chi connectivity index (χ2v) is 4.65. The third-order valence-electron chi connectivity index (χ3n) is 3.11. The molecule has 0 unspecified atom stereocenters. The van der Waals surface area contributed by atoms with Crippen molar-refractivity contribution in [2.24, 2.45) is 0 Å². The number of rotatable bonds is 4. The number of hydrogen-bond donors (Lipinski definition) is 1. The summed E-state index contributed by atoms with van der Waals surface area (Å²) in [5, 5.41) is 0. The number of ether oxygens (including phenoxy) is 2. The highest BCUT2D eigenvalue weighted by Crippen LogP contribution is 2.21. The van der Waals surface area contributed by atoms with E-state index in [1.54, 1.807) is 13.2 Å². The van der Waals surface area contributed by atoms with E-state index in [4.69, 9.17) is 15.2 Å². The Kier molecular flexibility index (Phi) is 3.95. The van der Waals surface area contributed by atoms with Gasteiger partial charge in [-0.25, -0.2) is 0 Å². The number of nitrogens with two attached hydrogens (primary N) is 1. The third-order valence-corrected chi connectivity index (χ3v) is 3.11. The van der Waals surface area contributed by atoms with Crippen molar-refractivity contribution >= 4 is 5.69 Å². The molecule has 0 aliphatic carbocycles. The summed E-state index contributed by atoms with van der Waals surface area (Å²) in [6.45, 7) is 4.64. The maximum absolute atomic E-state index is 5.81. The molecule has 0 aromatic heterocycles. The molecule has 0 radical (unpaired) electrons. The Balaban J connectivity index is 2.09. The summed E-state index contributed by atoms with van der Waals surface area (Å²) in [5.41, 5.74) is 9.97. The highest BCUT2D eigenvalue weighted by molar-refractivity contribution is 5.47. The standard InChI is InChI=1S/C16H19NO2/c1-11-4-5-15(6-12(11)2)19-10-13-7-14(17)9-16(8-13)18-3/h4-9H,10,17H2,1-3H3. The SMILES string of the molecule is COc1cc(N)cc(COc2ccc(C)c(C)c2)c1. The van der Waals surface area contributed by atoms with Crippen molar-refractivity contribution in [3.05, 3.63) is 53.1 Å². The Bertz CT molecular complexity index is 579. The van der Waals surface area contributed by atoms with Crippen LogP contribution < -0.4 is 15.2 Å². The van der Waals surface area contributed by atoms with Crippen LogP contribution in [0.4, 0.5) is 5.69 Å². The minimum Gasteiger partial charge on any atom is -0.497 e. The Morgan fingerprint density at radius 2 is 1.74 bits per heavy atom. The highest BCUT2D eigenvalue weighted by atomic mass is 16.5. The average Bonchev–Trinajstić information content (AvgIpc) is 2.39. The fraction of sp³-hybridized carbons (Fsp3) is 0.250. The number of hydrogen-bond acceptors (Lipinski definition) is 3. The molecule has 3 nitrogen and oxygen atoms in total. The van der Waals surface area contributed by atoms with Crippen molar-refractivity contribution in [2.45, 2.75) is 20.5 Å². The largest absolute Gasteiger partial charge is 0.497 e. The predicted molar refractivity (Wildman–Crippen MR) is 77.7 cm³/mol. The number of methoxy groups -OCH3 is 1. The lowest BCUT2D eigenvalue weighted by molar-refractivity contribution is 0.305. The molecular formula is C16H19NO2. The lowest BCUT2D eigenvalue weighted by Gasteiger charge is -2.10. The average molecular weight is 257 g/mol. The Labute approximate surface area is 114 Å². The molecule has 0 spiro atoms. The zero-order valence-corrected chi connectivity index (χ0v) is 11.6. The van der Waals surface area contributed by atoms with E-state index < -0.39 is 0 Å². The van der Waals surface area contributed by atoms with Crippen LogP contribution in [0.5, 0.6) is 11.5 Å². The summed E-state index contributed by atoms with van der Waals surface area (Å²) in [6.07, 6.45) is 0. The molecule has 2 N–H and O–H groups in total. The Morgan fingerprint density at radius 1 is 0.947 bits per heavy atom. The monoisotopic (exact) mass is 257 g/mol. The summed E-state index contributed by atoms with van der Waals surface area (Å²) >= 11 is 0. The van der Waals surface area contributed by atoms with Crippen LogP contribution in [0, 0.1) is 13.8 Å². The van der Waals surface area contributed by atoms with E-state index >= 15 is 0 Å². The first-order valence-electron chi connectivity index (χ1n) is 6.22. The second-order valence-electron chi connectivity index (χ2n) is 4.65. The van der Waals surface area contributed by atoms with Crippen LogP contribution in [-0.4, -0.2) is 7.11 Å². The molecule has 3 heteroatoms. The first kappa shape index (κ1) is 13.3. The first-order valence-corrected chi connectivity index (χ1v) is 6.22. The number of nitrogen functional groups attached to an aromatic ring is 1. The van der Waals surface area contributed by atoms with Gasteiger partial charge in [0.2, 0.25) is 0 Å². The number of anilines is 1. The lowest BCUT2D eigenvalue weighted by atomic mass is 10.1. The molecule has 0 saturated carbocycles. The van der Waals surface area contributed by atoms with Crippen LogP contribution in [-0.2, 0) is 6.61 Å². The van der Waals surface area contributed by atoms with Crippen LogP contribution in [0.3, 0.4) is 0 Å². The lowest BCUT2D eigenvalue weighted by Crippen LogP contribution is -1.98. The summed E-state index contributed by atoms with van der Waals surface area (Å²) in [7, 11) is 1.63. The zero-order chi connectivity index (χ0) is 13.8. The molecule has 0 amide bonds. The van der Waals surface area contributed by atoms with Crippen molar-refractivity contribution in [3.8, 4) is 11.5 Å². The number of aryl methyl sites for hydroxylation is 2. The first-order chi connectivity index (χ1) is 9.08. The van der Waals surface area contributed by atoms with E-state index in [0.29, 0.717) is 12.3 Å². The van der Waals surface area contributed by atoms with Gasteiger partial charge in [-0.1, -0.05) is 6.07 Å². The molecule has 0 aliphatic heterocycles. The molecule has 2 aromatic rings. The van der Waals surface area contributed by atoms with E-state index in [1.807, 2.05) is 24.3 Å². The molecule has 0 saturated heterocycles. The Hall–Kier alpha value is -2.16. The van der Waals surface area contributed by atoms with Gasteiger partial charge in [0.1, 0.15) is 18.1 Å². The number of benzene rings is 2. The van der Waals surface area contributed by atoms with Crippen LogP contribution in [0.25, 0.3) is 0 Å². The van der Waals surface area contributed by atoms with E-state index in [9.17, 15) is 0 Å². The molecule has 0 aliphatic rings. The van der Waals surface area contributed by atoms with Gasteiger partial charge < -0.3 is 15.2 Å². The maximum Gasteiger partial charge on any atom is 0.121 e. The maximum atomic E-state index is 5.81. The molecule has 100 valence electrons. The van der Waals surface area contributed by atoms with E-state index in [-0.39, 0.29) is 0 Å². The van der Waals surface area contributed by atoms with Gasteiger partial charge >= 0.3 is 0 Å². The van der Waals surface area contributed by atoms with Crippen molar-refractivity contribution in [3.63, 3.8) is 0 Å². The van der Waals surface area contributed by atoms with E-state index in [0.717, 1.165) is 17.1 Å². The van der Waals surface area contributed by atoms with Crippen LogP contribution in [0.2, 0.25) is 0 Å². The van der Waals surface area contributed by atoms with Crippen molar-refractivity contribution in [1.29, 1.82) is 0 Å². The van der Waals surface area contributed by atoms with E-state index in [1.165, 1.54) is 11.1 Å². The van der Waals surface area contributed by atoms with Crippen molar-refractivity contribution < 1.29 is 9.47 Å². The summed E-state index contributed by atoms with van der Waals surface area (Å²) < 4.78 is 11.0. The van der Waals surface area contributed by atoms with Crippen molar-refractivity contribution in [2.75, 3.05) is 12.8 Å². The highest BCUT2D eigenvalue weighted by Gasteiger charge is 2.02. The van der Waals surface area contributed by atoms with Gasteiger partial charge in [0.05, 0.1) is 7.11 Å². The minimum atomic E-state index is 0.476. The van der Waals surface area contributed by atoms with Gasteiger partial charge in [-0.15, -0.1) is 0 Å². The quantitative estimate of drug-likeness (QED) is 0.853. The van der Waals surface area contributed by atoms with Gasteiger partial charge in [-0.05, 0) is 54.8 Å².